The van der Waals surface area contributed by atoms with Crippen molar-refractivity contribution in [1.29, 1.82) is 0 Å². The molecule has 0 aliphatic heterocycles. The van der Waals surface area contributed by atoms with Crippen LogP contribution in [0.5, 0.6) is 0 Å². The van der Waals surface area contributed by atoms with E-state index in [9.17, 15) is 0 Å². The molecule has 10 rings (SSSR count). The maximum Gasteiger partial charge on any atom is 0.164 e. The van der Waals surface area contributed by atoms with Crippen LogP contribution in [-0.2, 0) is 0 Å². The van der Waals surface area contributed by atoms with Gasteiger partial charge in [0.25, 0.3) is 0 Å². The molecular formula is C51H33N3O. The van der Waals surface area contributed by atoms with Crippen LogP contribution in [0, 0.1) is 0 Å². The van der Waals surface area contributed by atoms with E-state index in [2.05, 4.69) is 146 Å². The second-order valence-corrected chi connectivity index (χ2v) is 13.7. The van der Waals surface area contributed by atoms with Gasteiger partial charge >= 0.3 is 0 Å². The monoisotopic (exact) mass is 703 g/mol. The number of rotatable bonds is 7. The Morgan fingerprint density at radius 1 is 0.236 bits per heavy atom. The predicted octanol–water partition coefficient (Wildman–Crippen LogP) is 13.4. The molecule has 0 bridgehead atoms. The van der Waals surface area contributed by atoms with E-state index in [1.165, 1.54) is 16.7 Å². The van der Waals surface area contributed by atoms with Gasteiger partial charge in [-0.2, -0.15) is 0 Å². The van der Waals surface area contributed by atoms with E-state index in [-0.39, 0.29) is 0 Å². The van der Waals surface area contributed by atoms with Crippen molar-refractivity contribution in [3.63, 3.8) is 0 Å². The molecule has 2 aromatic heterocycles. The minimum atomic E-state index is 0.619. The van der Waals surface area contributed by atoms with E-state index in [1.54, 1.807) is 0 Å². The van der Waals surface area contributed by atoms with Crippen molar-refractivity contribution in [2.75, 3.05) is 0 Å². The number of hydrogen-bond acceptors (Lipinski definition) is 4. The number of furan rings is 1. The molecule has 4 heteroatoms. The lowest BCUT2D eigenvalue weighted by molar-refractivity contribution is 0.669. The van der Waals surface area contributed by atoms with Crippen LogP contribution >= 0.6 is 0 Å². The van der Waals surface area contributed by atoms with Crippen LogP contribution in [0.3, 0.4) is 0 Å². The van der Waals surface area contributed by atoms with Gasteiger partial charge in [-0.15, -0.1) is 0 Å². The van der Waals surface area contributed by atoms with E-state index >= 15 is 0 Å². The van der Waals surface area contributed by atoms with Crippen molar-refractivity contribution >= 4 is 21.9 Å². The van der Waals surface area contributed by atoms with Gasteiger partial charge in [0.1, 0.15) is 11.2 Å². The summed E-state index contributed by atoms with van der Waals surface area (Å²) in [6, 6.07) is 69.5. The maximum absolute atomic E-state index is 6.17. The molecule has 0 fully saturated rings. The van der Waals surface area contributed by atoms with Gasteiger partial charge in [0.05, 0.1) is 0 Å². The maximum atomic E-state index is 6.17. The third-order valence-corrected chi connectivity index (χ3v) is 10.1. The van der Waals surface area contributed by atoms with Crippen LogP contribution in [-0.4, -0.2) is 15.0 Å². The molecular weight excluding hydrogens is 671 g/mol. The fraction of sp³-hybridized carbons (Fsp3) is 0. The highest BCUT2D eigenvalue weighted by atomic mass is 16.3. The standard InChI is InChI=1S/C51H33N3O/c1-3-12-34(13-4-1)38-16-9-17-39(30-38)40-18-10-19-41(31-40)42-20-11-21-44(32-42)51-53-49(36-14-5-2-6-15-36)52-50(54-51)37-26-24-35(25-27-37)43-28-29-46-45-22-7-8-23-47(45)55-48(46)33-43/h1-33H. The molecule has 0 unspecified atom stereocenters. The summed E-state index contributed by atoms with van der Waals surface area (Å²) in [6.07, 6.45) is 0. The topological polar surface area (TPSA) is 51.8 Å². The Morgan fingerprint density at radius 2 is 0.600 bits per heavy atom. The van der Waals surface area contributed by atoms with Gasteiger partial charge < -0.3 is 4.42 Å². The van der Waals surface area contributed by atoms with Crippen LogP contribution in [0.15, 0.2) is 205 Å². The van der Waals surface area contributed by atoms with E-state index in [1.807, 2.05) is 54.6 Å². The molecule has 0 aliphatic carbocycles. The number of para-hydroxylation sites is 1. The van der Waals surface area contributed by atoms with Crippen LogP contribution in [0.4, 0.5) is 0 Å². The average Bonchev–Trinajstić information content (AvgIpc) is 3.65. The van der Waals surface area contributed by atoms with Crippen molar-refractivity contribution in [3.8, 4) is 78.7 Å². The summed E-state index contributed by atoms with van der Waals surface area (Å²) in [5.41, 5.74) is 13.7. The molecule has 8 aromatic carbocycles. The molecule has 4 nitrogen and oxygen atoms in total. The Hall–Kier alpha value is -7.43. The smallest absolute Gasteiger partial charge is 0.164 e. The van der Waals surface area contributed by atoms with Crippen molar-refractivity contribution in [1.82, 2.24) is 15.0 Å². The molecule has 0 N–H and O–H groups in total. The summed E-state index contributed by atoms with van der Waals surface area (Å²) in [6.45, 7) is 0. The Morgan fingerprint density at radius 3 is 1.22 bits per heavy atom. The summed E-state index contributed by atoms with van der Waals surface area (Å²) in [4.78, 5) is 15.1. The molecule has 2 heterocycles. The molecule has 0 saturated carbocycles. The van der Waals surface area contributed by atoms with E-state index in [4.69, 9.17) is 19.4 Å². The molecule has 0 amide bonds. The molecule has 0 radical (unpaired) electrons. The first-order valence-corrected chi connectivity index (χ1v) is 18.4. The summed E-state index contributed by atoms with van der Waals surface area (Å²) in [5.74, 6) is 1.87. The highest BCUT2D eigenvalue weighted by molar-refractivity contribution is 6.05. The predicted molar refractivity (Wildman–Crippen MR) is 225 cm³/mol. The SMILES string of the molecule is c1ccc(-c2cccc(-c3cccc(-c4cccc(-c5nc(-c6ccccc6)nc(-c6ccc(-c7ccc8c(c7)oc7ccccc78)cc6)n5)c4)c3)c2)cc1. The first-order chi connectivity index (χ1) is 27.2. The van der Waals surface area contributed by atoms with Crippen LogP contribution < -0.4 is 0 Å². The second-order valence-electron chi connectivity index (χ2n) is 13.7. The minimum Gasteiger partial charge on any atom is -0.456 e. The van der Waals surface area contributed by atoms with Crippen LogP contribution in [0.25, 0.3) is 101 Å². The molecule has 0 aliphatic rings. The Labute approximate surface area is 319 Å². The van der Waals surface area contributed by atoms with E-state index in [0.717, 1.165) is 66.4 Å². The summed E-state index contributed by atoms with van der Waals surface area (Å²) in [7, 11) is 0. The van der Waals surface area contributed by atoms with E-state index in [0.29, 0.717) is 17.5 Å². The van der Waals surface area contributed by atoms with Crippen molar-refractivity contribution in [2.24, 2.45) is 0 Å². The number of aromatic nitrogens is 3. The molecule has 0 saturated heterocycles. The molecule has 0 spiro atoms. The molecule has 258 valence electrons. The summed E-state index contributed by atoms with van der Waals surface area (Å²) < 4.78 is 6.17. The highest BCUT2D eigenvalue weighted by Crippen LogP contribution is 2.35. The van der Waals surface area contributed by atoms with Gasteiger partial charge in [0, 0.05) is 27.5 Å². The minimum absolute atomic E-state index is 0.619. The first-order valence-electron chi connectivity index (χ1n) is 18.4. The molecule has 55 heavy (non-hydrogen) atoms. The van der Waals surface area contributed by atoms with Crippen molar-refractivity contribution in [3.05, 3.63) is 200 Å². The van der Waals surface area contributed by atoms with Crippen LogP contribution in [0.1, 0.15) is 0 Å². The number of nitrogens with zero attached hydrogens (tertiary/aromatic N) is 3. The third-order valence-electron chi connectivity index (χ3n) is 10.1. The highest BCUT2D eigenvalue weighted by Gasteiger charge is 2.14. The normalized spacial score (nSPS) is 11.3. The lowest BCUT2D eigenvalue weighted by atomic mass is 9.95. The van der Waals surface area contributed by atoms with Gasteiger partial charge in [-0.3, -0.25) is 0 Å². The molecule has 0 atom stereocenters. The fourth-order valence-corrected chi connectivity index (χ4v) is 7.29. The average molecular weight is 704 g/mol. The zero-order chi connectivity index (χ0) is 36.6. The zero-order valence-electron chi connectivity index (χ0n) is 29.8. The van der Waals surface area contributed by atoms with Gasteiger partial charge in [-0.05, 0) is 80.9 Å². The van der Waals surface area contributed by atoms with E-state index < -0.39 is 0 Å². The van der Waals surface area contributed by atoms with Gasteiger partial charge in [0.2, 0.25) is 0 Å². The Kier molecular flexibility index (Phi) is 8.12. The number of fused-ring (bicyclic) bond motifs is 3. The Bertz CT molecular complexity index is 2970. The third kappa shape index (κ3) is 6.36. The number of benzene rings is 8. The largest absolute Gasteiger partial charge is 0.456 e. The number of hydrogen-bond donors (Lipinski definition) is 0. The lowest BCUT2D eigenvalue weighted by Gasteiger charge is -2.11. The van der Waals surface area contributed by atoms with Crippen molar-refractivity contribution in [2.45, 2.75) is 0 Å². The first kappa shape index (κ1) is 32.2. The Balaban J connectivity index is 0.997. The zero-order valence-corrected chi connectivity index (χ0v) is 29.8. The van der Waals surface area contributed by atoms with Gasteiger partial charge in [-0.1, -0.05) is 164 Å². The quantitative estimate of drug-likeness (QED) is 0.166. The lowest BCUT2D eigenvalue weighted by Crippen LogP contribution is -2.00. The summed E-state index contributed by atoms with van der Waals surface area (Å²) in [5, 5.41) is 2.25. The second kappa shape index (κ2) is 13.8. The van der Waals surface area contributed by atoms with Gasteiger partial charge in [-0.25, -0.2) is 15.0 Å². The summed E-state index contributed by atoms with van der Waals surface area (Å²) >= 11 is 0. The van der Waals surface area contributed by atoms with Gasteiger partial charge in [0.15, 0.2) is 17.5 Å². The molecule has 10 aromatic rings. The van der Waals surface area contributed by atoms with Crippen molar-refractivity contribution < 1.29 is 4.42 Å². The van der Waals surface area contributed by atoms with Crippen LogP contribution in [0.2, 0.25) is 0 Å². The fourth-order valence-electron chi connectivity index (χ4n) is 7.29.